The van der Waals surface area contributed by atoms with E-state index in [0.29, 0.717) is 26.1 Å². The number of hydrogen-bond acceptors (Lipinski definition) is 4. The quantitative estimate of drug-likeness (QED) is 0.717. The molecule has 0 bridgehead atoms. The number of carbonyl (C=O) groups is 2. The number of hydrogen-bond donors (Lipinski definition) is 0. The molecule has 0 unspecified atom stereocenters. The van der Waals surface area contributed by atoms with E-state index in [9.17, 15) is 9.59 Å². The highest BCUT2D eigenvalue weighted by Gasteiger charge is 2.23. The molecule has 0 atom stereocenters. The van der Waals surface area contributed by atoms with Gasteiger partial charge in [0.05, 0.1) is 7.11 Å². The molecule has 27 heavy (non-hydrogen) atoms. The molecule has 0 radical (unpaired) electrons. The van der Waals surface area contributed by atoms with Gasteiger partial charge in [-0.05, 0) is 49.7 Å². The summed E-state index contributed by atoms with van der Waals surface area (Å²) in [7, 11) is 1.63. The van der Waals surface area contributed by atoms with Crippen molar-refractivity contribution in [1.29, 1.82) is 0 Å². The highest BCUT2D eigenvalue weighted by Crippen LogP contribution is 2.13. The minimum Gasteiger partial charge on any atom is -0.497 e. The van der Waals surface area contributed by atoms with Crippen molar-refractivity contribution < 1.29 is 14.3 Å². The first kappa shape index (κ1) is 19.4. The van der Waals surface area contributed by atoms with E-state index in [0.717, 1.165) is 37.5 Å². The van der Waals surface area contributed by atoms with Crippen LogP contribution in [0.5, 0.6) is 5.75 Å². The van der Waals surface area contributed by atoms with Gasteiger partial charge in [-0.15, -0.1) is 0 Å². The molecule has 2 heterocycles. The zero-order valence-electron chi connectivity index (χ0n) is 16.1. The Morgan fingerprint density at radius 2 is 1.78 bits per heavy atom. The molecule has 0 saturated carbocycles. The Balaban J connectivity index is 1.50. The molecule has 1 aromatic rings. The van der Waals surface area contributed by atoms with Crippen LogP contribution in [-0.4, -0.2) is 79.4 Å². The molecule has 2 fully saturated rings. The number of benzene rings is 1. The van der Waals surface area contributed by atoms with Crippen LogP contribution in [0.2, 0.25) is 0 Å². The van der Waals surface area contributed by atoms with Gasteiger partial charge in [0.25, 0.3) is 0 Å². The lowest BCUT2D eigenvalue weighted by Crippen LogP contribution is -2.39. The van der Waals surface area contributed by atoms with Crippen LogP contribution in [0.1, 0.15) is 24.8 Å². The first-order valence-corrected chi connectivity index (χ1v) is 9.77. The van der Waals surface area contributed by atoms with Gasteiger partial charge in [0.15, 0.2) is 0 Å². The van der Waals surface area contributed by atoms with Crippen molar-refractivity contribution in [1.82, 2.24) is 14.7 Å². The average Bonchev–Trinajstić information content (AvgIpc) is 3.15. The fourth-order valence-corrected chi connectivity index (χ4v) is 3.58. The summed E-state index contributed by atoms with van der Waals surface area (Å²) in [5.74, 6) is 0.905. The lowest BCUT2D eigenvalue weighted by molar-refractivity contribution is -0.130. The van der Waals surface area contributed by atoms with Crippen molar-refractivity contribution in [2.24, 2.45) is 0 Å². The number of carbonyl (C=O) groups excluding carboxylic acids is 2. The molecule has 6 nitrogen and oxygen atoms in total. The van der Waals surface area contributed by atoms with Crippen molar-refractivity contribution in [2.45, 2.75) is 19.3 Å². The number of likely N-dealkylation sites (tertiary alicyclic amines) is 1. The lowest BCUT2D eigenvalue weighted by Gasteiger charge is -2.24. The number of ether oxygens (including phenoxy) is 1. The normalized spacial score (nSPS) is 18.9. The van der Waals surface area contributed by atoms with E-state index in [1.165, 1.54) is 12.8 Å². The maximum Gasteiger partial charge on any atom is 0.246 e. The second kappa shape index (κ2) is 9.55. The second-order valence-electron chi connectivity index (χ2n) is 7.11. The summed E-state index contributed by atoms with van der Waals surface area (Å²) >= 11 is 0. The van der Waals surface area contributed by atoms with Crippen LogP contribution in [0, 0.1) is 0 Å². The van der Waals surface area contributed by atoms with Crippen LogP contribution in [0.3, 0.4) is 0 Å². The van der Waals surface area contributed by atoms with Crippen LogP contribution in [-0.2, 0) is 9.59 Å². The van der Waals surface area contributed by atoms with Gasteiger partial charge in [-0.1, -0.05) is 12.1 Å². The largest absolute Gasteiger partial charge is 0.497 e. The monoisotopic (exact) mass is 371 g/mol. The molecule has 2 saturated heterocycles. The van der Waals surface area contributed by atoms with E-state index >= 15 is 0 Å². The minimum atomic E-state index is -0.0417. The van der Waals surface area contributed by atoms with Gasteiger partial charge in [0, 0.05) is 45.2 Å². The molecule has 2 amide bonds. The summed E-state index contributed by atoms with van der Waals surface area (Å²) in [6, 6.07) is 7.56. The fourth-order valence-electron chi connectivity index (χ4n) is 3.58. The molecule has 6 heteroatoms. The fraction of sp³-hybridized carbons (Fsp3) is 0.524. The van der Waals surface area contributed by atoms with Gasteiger partial charge >= 0.3 is 0 Å². The van der Waals surface area contributed by atoms with Gasteiger partial charge in [-0.25, -0.2) is 0 Å². The Hall–Kier alpha value is -2.34. The number of amides is 2. The third-order valence-electron chi connectivity index (χ3n) is 5.32. The Labute approximate surface area is 161 Å². The molecule has 2 aliphatic rings. The number of rotatable bonds is 6. The lowest BCUT2D eigenvalue weighted by atomic mass is 10.2. The van der Waals surface area contributed by atoms with Crippen molar-refractivity contribution in [2.75, 3.05) is 52.9 Å². The second-order valence-corrected chi connectivity index (χ2v) is 7.11. The summed E-state index contributed by atoms with van der Waals surface area (Å²) in [4.78, 5) is 31.0. The third kappa shape index (κ3) is 5.57. The Morgan fingerprint density at radius 3 is 2.48 bits per heavy atom. The van der Waals surface area contributed by atoms with Crippen molar-refractivity contribution in [3.8, 4) is 5.75 Å². The molecular weight excluding hydrogens is 342 g/mol. The van der Waals surface area contributed by atoms with Gasteiger partial charge in [-0.2, -0.15) is 0 Å². The Bertz CT molecular complexity index is 666. The van der Waals surface area contributed by atoms with E-state index in [-0.39, 0.29) is 11.8 Å². The van der Waals surface area contributed by atoms with Crippen LogP contribution < -0.4 is 4.74 Å². The maximum atomic E-state index is 12.5. The van der Waals surface area contributed by atoms with Crippen LogP contribution in [0.15, 0.2) is 30.3 Å². The smallest absolute Gasteiger partial charge is 0.246 e. The molecule has 0 N–H and O–H groups in total. The highest BCUT2D eigenvalue weighted by atomic mass is 16.5. The average molecular weight is 371 g/mol. The predicted molar refractivity (Wildman–Crippen MR) is 105 cm³/mol. The van der Waals surface area contributed by atoms with E-state index in [4.69, 9.17) is 4.74 Å². The zero-order chi connectivity index (χ0) is 19.1. The molecule has 146 valence electrons. The first-order chi connectivity index (χ1) is 13.2. The molecule has 0 aromatic heterocycles. The summed E-state index contributed by atoms with van der Waals surface area (Å²) in [6.45, 7) is 5.70. The number of methoxy groups -OCH3 is 1. The minimum absolute atomic E-state index is 0.0417. The van der Waals surface area contributed by atoms with Crippen molar-refractivity contribution in [3.63, 3.8) is 0 Å². The summed E-state index contributed by atoms with van der Waals surface area (Å²) in [6.07, 6.45) is 6.32. The maximum absolute atomic E-state index is 12.5. The van der Waals surface area contributed by atoms with Gasteiger partial charge < -0.3 is 19.4 Å². The van der Waals surface area contributed by atoms with Gasteiger partial charge in [-0.3, -0.25) is 9.59 Å². The number of nitrogens with zero attached hydrogens (tertiary/aromatic N) is 3. The summed E-state index contributed by atoms with van der Waals surface area (Å²) in [5, 5.41) is 0. The Morgan fingerprint density at radius 1 is 1.04 bits per heavy atom. The van der Waals surface area contributed by atoms with E-state index in [1.54, 1.807) is 24.2 Å². The standard InChI is InChI=1S/C21H29N3O3/c1-27-19-7-4-18(5-8-19)6-9-20(25)23-13-10-21(26)24(17-16-23)15-14-22-11-2-3-12-22/h4-9H,2-3,10-17H2,1H3/b9-6+. The topological polar surface area (TPSA) is 53.1 Å². The molecule has 3 rings (SSSR count). The molecule has 0 aliphatic carbocycles. The van der Waals surface area contributed by atoms with Crippen molar-refractivity contribution >= 4 is 17.9 Å². The third-order valence-corrected chi connectivity index (χ3v) is 5.32. The Kier molecular flexibility index (Phi) is 6.87. The molecule has 2 aliphatic heterocycles. The molecule has 1 aromatic carbocycles. The van der Waals surface area contributed by atoms with E-state index in [2.05, 4.69) is 4.90 Å². The summed E-state index contributed by atoms with van der Waals surface area (Å²) in [5.41, 5.74) is 0.947. The SMILES string of the molecule is COc1ccc(/C=C/C(=O)N2CCC(=O)N(CCN3CCCC3)CC2)cc1. The highest BCUT2D eigenvalue weighted by molar-refractivity contribution is 5.92. The van der Waals surface area contributed by atoms with Gasteiger partial charge in [0.1, 0.15) is 5.75 Å². The molecular formula is C21H29N3O3. The van der Waals surface area contributed by atoms with Crippen molar-refractivity contribution in [3.05, 3.63) is 35.9 Å². The predicted octanol–water partition coefficient (Wildman–Crippen LogP) is 1.87. The molecule has 0 spiro atoms. The van der Waals surface area contributed by atoms with Gasteiger partial charge in [0.2, 0.25) is 11.8 Å². The van der Waals surface area contributed by atoms with E-state index < -0.39 is 0 Å². The van der Waals surface area contributed by atoms with Crippen LogP contribution in [0.4, 0.5) is 0 Å². The zero-order valence-corrected chi connectivity index (χ0v) is 16.1. The van der Waals surface area contributed by atoms with E-state index in [1.807, 2.05) is 29.2 Å². The first-order valence-electron chi connectivity index (χ1n) is 9.77. The summed E-state index contributed by atoms with van der Waals surface area (Å²) < 4.78 is 5.14. The van der Waals surface area contributed by atoms with Crippen LogP contribution in [0.25, 0.3) is 6.08 Å². The van der Waals surface area contributed by atoms with Crippen LogP contribution >= 0.6 is 0 Å².